The quantitative estimate of drug-likeness (QED) is 0.574. The molecule has 4 rings (SSSR count). The lowest BCUT2D eigenvalue weighted by Crippen LogP contribution is -2.36. The molecule has 1 N–H and O–H groups in total. The molecule has 0 saturated carbocycles. The molecule has 1 fully saturated rings. The van der Waals surface area contributed by atoms with Crippen LogP contribution in [-0.4, -0.2) is 41.3 Å². The maximum atomic E-state index is 13.1. The summed E-state index contributed by atoms with van der Waals surface area (Å²) in [4.78, 5) is 17.7. The van der Waals surface area contributed by atoms with Crippen molar-refractivity contribution < 1.29 is 13.2 Å². The third-order valence-corrected chi connectivity index (χ3v) is 8.24. The molecule has 1 atom stereocenters. The molecule has 3 aromatic rings. The van der Waals surface area contributed by atoms with Crippen molar-refractivity contribution in [1.82, 2.24) is 19.2 Å². The van der Waals surface area contributed by atoms with E-state index in [1.807, 2.05) is 38.1 Å². The zero-order chi connectivity index (χ0) is 22.9. The Balaban J connectivity index is 1.60. The Kier molecular flexibility index (Phi) is 6.55. The van der Waals surface area contributed by atoms with E-state index in [1.54, 1.807) is 6.07 Å². The van der Waals surface area contributed by atoms with Crippen molar-refractivity contribution in [3.05, 3.63) is 58.9 Å². The van der Waals surface area contributed by atoms with Crippen LogP contribution in [0.3, 0.4) is 0 Å². The van der Waals surface area contributed by atoms with E-state index < -0.39 is 10.0 Å². The zero-order valence-corrected chi connectivity index (χ0v) is 19.8. The number of nitrogens with one attached hydrogen (secondary N) is 1. The van der Waals surface area contributed by atoms with Crippen LogP contribution >= 0.6 is 11.6 Å². The summed E-state index contributed by atoms with van der Waals surface area (Å²) in [5.74, 6) is 0.371. The molecule has 9 heteroatoms. The van der Waals surface area contributed by atoms with E-state index in [-0.39, 0.29) is 27.4 Å². The lowest BCUT2D eigenvalue weighted by atomic mass is 10.2. The Hall–Kier alpha value is -2.42. The Morgan fingerprint density at radius 3 is 2.59 bits per heavy atom. The standard InChI is InChI=1S/C23H27ClN4O3S/c1-3-28-20-10-6-5-9-19(20)26-22(28)16(2)25-23(29)17-11-12-18(24)21(15-17)32(30,31)27-13-7-4-8-14-27/h5-6,9-12,15-16H,3-4,7-8,13-14H2,1-2H3,(H,25,29). The van der Waals surface area contributed by atoms with Crippen molar-refractivity contribution in [2.75, 3.05) is 13.1 Å². The van der Waals surface area contributed by atoms with Crippen LogP contribution in [0.1, 0.15) is 55.3 Å². The van der Waals surface area contributed by atoms with Crippen LogP contribution in [0.4, 0.5) is 0 Å². The van der Waals surface area contributed by atoms with Gasteiger partial charge in [0.15, 0.2) is 0 Å². The molecule has 1 saturated heterocycles. The fraction of sp³-hybridized carbons (Fsp3) is 0.391. The number of imidazole rings is 1. The fourth-order valence-electron chi connectivity index (χ4n) is 4.19. The first kappa shape index (κ1) is 22.8. The SMILES string of the molecule is CCn1c(C(C)NC(=O)c2ccc(Cl)c(S(=O)(=O)N3CCCCC3)c2)nc2ccccc21. The van der Waals surface area contributed by atoms with Crippen LogP contribution in [0.25, 0.3) is 11.0 Å². The smallest absolute Gasteiger partial charge is 0.251 e. The second-order valence-corrected chi connectivity index (χ2v) is 10.3. The third kappa shape index (κ3) is 4.27. The van der Waals surface area contributed by atoms with Gasteiger partial charge >= 0.3 is 0 Å². The molecule has 0 bridgehead atoms. The minimum atomic E-state index is -3.75. The maximum Gasteiger partial charge on any atom is 0.251 e. The van der Waals surface area contributed by atoms with Crippen molar-refractivity contribution >= 4 is 38.6 Å². The van der Waals surface area contributed by atoms with Gasteiger partial charge in [0.1, 0.15) is 10.7 Å². The summed E-state index contributed by atoms with van der Waals surface area (Å²) >= 11 is 6.24. The molecule has 1 aliphatic heterocycles. The largest absolute Gasteiger partial charge is 0.342 e. The van der Waals surface area contributed by atoms with E-state index in [2.05, 4.69) is 14.9 Å². The summed E-state index contributed by atoms with van der Waals surface area (Å²) in [7, 11) is -3.75. The predicted molar refractivity (Wildman–Crippen MR) is 125 cm³/mol. The van der Waals surface area contributed by atoms with Crippen molar-refractivity contribution in [2.24, 2.45) is 0 Å². The maximum absolute atomic E-state index is 13.1. The third-order valence-electron chi connectivity index (χ3n) is 5.86. The molecule has 7 nitrogen and oxygen atoms in total. The van der Waals surface area contributed by atoms with Crippen LogP contribution in [0.15, 0.2) is 47.4 Å². The lowest BCUT2D eigenvalue weighted by Gasteiger charge is -2.26. The first-order valence-electron chi connectivity index (χ1n) is 10.9. The molecule has 2 heterocycles. The highest BCUT2D eigenvalue weighted by atomic mass is 35.5. The number of aromatic nitrogens is 2. The Bertz CT molecular complexity index is 1250. The van der Waals surface area contributed by atoms with Crippen LogP contribution < -0.4 is 5.32 Å². The van der Waals surface area contributed by atoms with E-state index in [0.717, 1.165) is 42.7 Å². The number of aryl methyl sites for hydroxylation is 1. The van der Waals surface area contributed by atoms with Crippen LogP contribution in [0.2, 0.25) is 5.02 Å². The van der Waals surface area contributed by atoms with Crippen molar-refractivity contribution in [1.29, 1.82) is 0 Å². The van der Waals surface area contributed by atoms with Gasteiger partial charge in [0.2, 0.25) is 10.0 Å². The molecular formula is C23H27ClN4O3S. The summed E-state index contributed by atoms with van der Waals surface area (Å²) < 4.78 is 29.7. The first-order valence-corrected chi connectivity index (χ1v) is 12.7. The summed E-state index contributed by atoms with van der Waals surface area (Å²) in [6, 6.07) is 11.9. The highest BCUT2D eigenvalue weighted by Gasteiger charge is 2.29. The number of piperidine rings is 1. The van der Waals surface area contributed by atoms with Crippen molar-refractivity contribution in [2.45, 2.75) is 50.6 Å². The Morgan fingerprint density at radius 1 is 1.16 bits per heavy atom. The molecule has 170 valence electrons. The Labute approximate surface area is 193 Å². The molecule has 0 radical (unpaired) electrons. The van der Waals surface area contributed by atoms with Gasteiger partial charge in [-0.25, -0.2) is 13.4 Å². The van der Waals surface area contributed by atoms with Gasteiger partial charge in [-0.3, -0.25) is 4.79 Å². The molecule has 1 aromatic heterocycles. The highest BCUT2D eigenvalue weighted by molar-refractivity contribution is 7.89. The molecule has 0 aliphatic carbocycles. The number of sulfonamides is 1. The minimum absolute atomic E-state index is 0.0258. The summed E-state index contributed by atoms with van der Waals surface area (Å²) in [6.07, 6.45) is 2.67. The number of hydrogen-bond acceptors (Lipinski definition) is 4. The number of carbonyl (C=O) groups excluding carboxylic acids is 1. The number of carbonyl (C=O) groups is 1. The number of benzene rings is 2. The number of halogens is 1. The molecule has 1 amide bonds. The highest BCUT2D eigenvalue weighted by Crippen LogP contribution is 2.28. The van der Waals surface area contributed by atoms with Crippen LogP contribution in [0.5, 0.6) is 0 Å². The van der Waals surface area contributed by atoms with Crippen molar-refractivity contribution in [3.63, 3.8) is 0 Å². The van der Waals surface area contributed by atoms with Gasteiger partial charge in [-0.2, -0.15) is 4.31 Å². The number of rotatable bonds is 6. The van der Waals surface area contributed by atoms with Gasteiger partial charge in [-0.05, 0) is 57.0 Å². The van der Waals surface area contributed by atoms with Gasteiger partial charge in [-0.1, -0.05) is 30.2 Å². The number of para-hydroxylation sites is 2. The monoisotopic (exact) mass is 474 g/mol. The Morgan fingerprint density at radius 2 is 1.88 bits per heavy atom. The summed E-state index contributed by atoms with van der Waals surface area (Å²) in [5.41, 5.74) is 2.12. The number of amides is 1. The minimum Gasteiger partial charge on any atom is -0.342 e. The van der Waals surface area contributed by atoms with Gasteiger partial charge in [0.25, 0.3) is 5.91 Å². The predicted octanol–water partition coefficient (Wildman–Crippen LogP) is 4.38. The van der Waals surface area contributed by atoms with E-state index in [9.17, 15) is 13.2 Å². The number of hydrogen-bond donors (Lipinski definition) is 1. The second kappa shape index (κ2) is 9.21. The van der Waals surface area contributed by atoms with Gasteiger partial charge in [0, 0.05) is 25.2 Å². The van der Waals surface area contributed by atoms with Gasteiger partial charge in [-0.15, -0.1) is 0 Å². The molecule has 1 aliphatic rings. The summed E-state index contributed by atoms with van der Waals surface area (Å²) in [6.45, 7) is 5.56. The molecule has 0 spiro atoms. The molecule has 2 aromatic carbocycles. The number of nitrogens with zero attached hydrogens (tertiary/aromatic N) is 3. The van der Waals surface area contributed by atoms with Crippen LogP contribution in [-0.2, 0) is 16.6 Å². The average Bonchev–Trinajstić information content (AvgIpc) is 3.18. The fourth-order valence-corrected chi connectivity index (χ4v) is 6.21. The average molecular weight is 475 g/mol. The topological polar surface area (TPSA) is 84.3 Å². The molecule has 32 heavy (non-hydrogen) atoms. The van der Waals surface area contributed by atoms with E-state index in [1.165, 1.54) is 16.4 Å². The van der Waals surface area contributed by atoms with Crippen LogP contribution in [0, 0.1) is 0 Å². The van der Waals surface area contributed by atoms with E-state index in [0.29, 0.717) is 13.1 Å². The zero-order valence-electron chi connectivity index (χ0n) is 18.2. The first-order chi connectivity index (χ1) is 15.3. The second-order valence-electron chi connectivity index (χ2n) is 8.01. The molecular weight excluding hydrogens is 448 g/mol. The summed E-state index contributed by atoms with van der Waals surface area (Å²) in [5, 5.41) is 3.07. The van der Waals surface area contributed by atoms with E-state index in [4.69, 9.17) is 11.6 Å². The van der Waals surface area contributed by atoms with Gasteiger partial charge in [0.05, 0.1) is 22.1 Å². The normalized spacial score (nSPS) is 16.2. The lowest BCUT2D eigenvalue weighted by molar-refractivity contribution is 0.0937. The number of fused-ring (bicyclic) bond motifs is 1. The van der Waals surface area contributed by atoms with Gasteiger partial charge < -0.3 is 9.88 Å². The van der Waals surface area contributed by atoms with E-state index >= 15 is 0 Å². The molecule has 1 unspecified atom stereocenters. The van der Waals surface area contributed by atoms with Crippen molar-refractivity contribution in [3.8, 4) is 0 Å².